The number of hydrogen-bond acceptors (Lipinski definition) is 4. The minimum Gasteiger partial charge on any atom is -0.399 e. The van der Waals surface area contributed by atoms with Crippen molar-refractivity contribution in [3.05, 3.63) is 35.2 Å². The number of nitrogen functional groups attached to an aromatic ring is 1. The highest BCUT2D eigenvalue weighted by Crippen LogP contribution is 2.30. The number of nitrogens with two attached hydrogens (primary N) is 1. The first-order valence-corrected chi connectivity index (χ1v) is 6.74. The summed E-state index contributed by atoms with van der Waals surface area (Å²) >= 11 is 0. The number of fused-ring (bicyclic) bond motifs is 1. The molecule has 0 spiro atoms. The number of hydrogen-bond donors (Lipinski definition) is 2. The molecular weight excluding hydrogens is 238 g/mol. The maximum atomic E-state index is 6.02. The minimum absolute atomic E-state index is 0.229. The average Bonchev–Trinajstić information content (AvgIpc) is 2.85. The van der Waals surface area contributed by atoms with Crippen molar-refractivity contribution in [3.8, 4) is 0 Å². The Morgan fingerprint density at radius 3 is 3.05 bits per heavy atom. The van der Waals surface area contributed by atoms with Crippen molar-refractivity contribution >= 4 is 11.6 Å². The predicted molar refractivity (Wildman–Crippen MR) is 76.2 cm³/mol. The number of rotatable bonds is 2. The topological polar surface area (TPSA) is 68.8 Å². The zero-order valence-electron chi connectivity index (χ0n) is 11.3. The van der Waals surface area contributed by atoms with E-state index in [1.807, 2.05) is 11.6 Å². The second-order valence-corrected chi connectivity index (χ2v) is 5.00. The van der Waals surface area contributed by atoms with Crippen molar-refractivity contribution in [2.24, 2.45) is 0 Å². The van der Waals surface area contributed by atoms with Crippen LogP contribution < -0.4 is 11.1 Å². The normalized spacial score (nSPS) is 17.9. The molecule has 0 fully saturated rings. The van der Waals surface area contributed by atoms with Gasteiger partial charge in [0.25, 0.3) is 0 Å². The lowest BCUT2D eigenvalue weighted by atomic mass is 10.0. The molecule has 19 heavy (non-hydrogen) atoms. The fourth-order valence-electron chi connectivity index (χ4n) is 2.47. The molecule has 1 aliphatic rings. The molecule has 2 aromatic rings. The lowest BCUT2D eigenvalue weighted by Gasteiger charge is -2.25. The molecular formula is C14H19N5. The predicted octanol–water partition coefficient (Wildman–Crippen LogP) is 2.14. The molecule has 5 heteroatoms. The van der Waals surface area contributed by atoms with E-state index in [2.05, 4.69) is 40.5 Å². The molecule has 3 N–H and O–H groups in total. The second kappa shape index (κ2) is 4.57. The van der Waals surface area contributed by atoms with Gasteiger partial charge in [-0.25, -0.2) is 4.68 Å². The number of anilines is 2. The van der Waals surface area contributed by atoms with E-state index in [0.717, 1.165) is 42.4 Å². The highest BCUT2D eigenvalue weighted by Gasteiger charge is 2.24. The summed E-state index contributed by atoms with van der Waals surface area (Å²) in [4.78, 5) is 4.49. The van der Waals surface area contributed by atoms with E-state index in [-0.39, 0.29) is 6.04 Å². The molecule has 0 saturated heterocycles. The Balaban J connectivity index is 2.02. The molecule has 1 atom stereocenters. The molecule has 0 bridgehead atoms. The summed E-state index contributed by atoms with van der Waals surface area (Å²) in [5, 5.41) is 7.88. The molecule has 1 aromatic carbocycles. The van der Waals surface area contributed by atoms with E-state index in [9.17, 15) is 0 Å². The minimum atomic E-state index is 0.229. The maximum Gasteiger partial charge on any atom is 0.221 e. The maximum absolute atomic E-state index is 6.02. The van der Waals surface area contributed by atoms with Gasteiger partial charge in [-0.2, -0.15) is 10.1 Å². The van der Waals surface area contributed by atoms with E-state index < -0.39 is 0 Å². The molecule has 0 saturated carbocycles. The molecule has 1 unspecified atom stereocenters. The highest BCUT2D eigenvalue weighted by atomic mass is 15.4. The standard InChI is InChI=1S/C14H19N5/c1-3-13-17-14-16-7-6-12(19(14)18-13)10-5-4-9(2)11(15)8-10/h4-5,8,12H,3,6-7,15H2,1-2H3,(H,16,17,18). The summed E-state index contributed by atoms with van der Waals surface area (Å²) in [7, 11) is 0. The van der Waals surface area contributed by atoms with Gasteiger partial charge in [-0.05, 0) is 30.5 Å². The molecule has 3 rings (SSSR count). The SMILES string of the molecule is CCc1nc2n(n1)C(c1ccc(C)c(N)c1)CCN2. The largest absolute Gasteiger partial charge is 0.399 e. The monoisotopic (exact) mass is 257 g/mol. The van der Waals surface area contributed by atoms with Crippen LogP contribution >= 0.6 is 0 Å². The van der Waals surface area contributed by atoms with E-state index in [1.165, 1.54) is 5.56 Å². The first kappa shape index (κ1) is 12.0. The molecule has 1 aromatic heterocycles. The van der Waals surface area contributed by atoms with Crippen LogP contribution in [-0.2, 0) is 6.42 Å². The molecule has 0 radical (unpaired) electrons. The van der Waals surface area contributed by atoms with Crippen molar-refractivity contribution < 1.29 is 0 Å². The Kier molecular flexibility index (Phi) is 2.89. The summed E-state index contributed by atoms with van der Waals surface area (Å²) in [5.41, 5.74) is 9.18. The van der Waals surface area contributed by atoms with Gasteiger partial charge in [0.05, 0.1) is 6.04 Å². The fraction of sp³-hybridized carbons (Fsp3) is 0.429. The lowest BCUT2D eigenvalue weighted by Crippen LogP contribution is -2.24. The first-order chi connectivity index (χ1) is 9.19. The van der Waals surface area contributed by atoms with Crippen molar-refractivity contribution in [1.82, 2.24) is 14.8 Å². The first-order valence-electron chi connectivity index (χ1n) is 6.74. The second-order valence-electron chi connectivity index (χ2n) is 5.00. The van der Waals surface area contributed by atoms with Crippen molar-refractivity contribution in [2.45, 2.75) is 32.7 Å². The molecule has 0 amide bonds. The highest BCUT2D eigenvalue weighted by molar-refractivity contribution is 5.49. The van der Waals surface area contributed by atoms with Crippen molar-refractivity contribution in [3.63, 3.8) is 0 Å². The van der Waals surface area contributed by atoms with Crippen LogP contribution in [0.4, 0.5) is 11.6 Å². The Labute approximate surface area is 112 Å². The third-order valence-electron chi connectivity index (χ3n) is 3.68. The third-order valence-corrected chi connectivity index (χ3v) is 3.68. The van der Waals surface area contributed by atoms with Gasteiger partial charge in [-0.1, -0.05) is 19.1 Å². The van der Waals surface area contributed by atoms with Crippen LogP contribution in [-0.4, -0.2) is 21.3 Å². The quantitative estimate of drug-likeness (QED) is 0.809. The van der Waals surface area contributed by atoms with Crippen LogP contribution in [0.2, 0.25) is 0 Å². The van der Waals surface area contributed by atoms with Crippen LogP contribution in [0, 0.1) is 6.92 Å². The van der Waals surface area contributed by atoms with E-state index in [1.54, 1.807) is 0 Å². The van der Waals surface area contributed by atoms with Gasteiger partial charge in [0.2, 0.25) is 5.95 Å². The van der Waals surface area contributed by atoms with E-state index >= 15 is 0 Å². The molecule has 2 heterocycles. The number of nitrogens with one attached hydrogen (secondary N) is 1. The Bertz CT molecular complexity index is 602. The Hall–Kier alpha value is -2.04. The molecule has 5 nitrogen and oxygen atoms in total. The number of benzene rings is 1. The van der Waals surface area contributed by atoms with Crippen LogP contribution in [0.1, 0.15) is 36.3 Å². The number of nitrogens with zero attached hydrogens (tertiary/aromatic N) is 3. The average molecular weight is 257 g/mol. The van der Waals surface area contributed by atoms with Crippen molar-refractivity contribution in [2.75, 3.05) is 17.6 Å². The molecule has 1 aliphatic heterocycles. The van der Waals surface area contributed by atoms with Gasteiger partial charge in [0.1, 0.15) is 0 Å². The molecule has 0 aliphatic carbocycles. The number of aromatic nitrogens is 3. The van der Waals surface area contributed by atoms with E-state index in [4.69, 9.17) is 5.73 Å². The summed E-state index contributed by atoms with van der Waals surface area (Å²) in [6.45, 7) is 5.01. The van der Waals surface area contributed by atoms with Crippen molar-refractivity contribution in [1.29, 1.82) is 0 Å². The van der Waals surface area contributed by atoms with Gasteiger partial charge in [-0.15, -0.1) is 0 Å². The lowest BCUT2D eigenvalue weighted by molar-refractivity contribution is 0.477. The fourth-order valence-corrected chi connectivity index (χ4v) is 2.47. The zero-order chi connectivity index (χ0) is 13.4. The summed E-state index contributed by atoms with van der Waals surface area (Å²) < 4.78 is 1.99. The Morgan fingerprint density at radius 2 is 2.32 bits per heavy atom. The van der Waals surface area contributed by atoms with Crippen LogP contribution in [0.3, 0.4) is 0 Å². The van der Waals surface area contributed by atoms with Crippen LogP contribution in [0.25, 0.3) is 0 Å². The summed E-state index contributed by atoms with van der Waals surface area (Å²) in [6.07, 6.45) is 1.85. The summed E-state index contributed by atoms with van der Waals surface area (Å²) in [5.74, 6) is 1.75. The van der Waals surface area contributed by atoms with Crippen LogP contribution in [0.15, 0.2) is 18.2 Å². The summed E-state index contributed by atoms with van der Waals surface area (Å²) in [6, 6.07) is 6.50. The zero-order valence-corrected chi connectivity index (χ0v) is 11.3. The number of aryl methyl sites for hydroxylation is 2. The Morgan fingerprint density at radius 1 is 1.47 bits per heavy atom. The van der Waals surface area contributed by atoms with Gasteiger partial charge < -0.3 is 11.1 Å². The molecule has 100 valence electrons. The van der Waals surface area contributed by atoms with Crippen LogP contribution in [0.5, 0.6) is 0 Å². The van der Waals surface area contributed by atoms with Gasteiger partial charge >= 0.3 is 0 Å². The third kappa shape index (κ3) is 2.05. The van der Waals surface area contributed by atoms with Gasteiger partial charge in [0, 0.05) is 18.7 Å². The van der Waals surface area contributed by atoms with Gasteiger partial charge in [-0.3, -0.25) is 0 Å². The van der Waals surface area contributed by atoms with E-state index in [0.29, 0.717) is 0 Å². The van der Waals surface area contributed by atoms with Gasteiger partial charge in [0.15, 0.2) is 5.82 Å². The smallest absolute Gasteiger partial charge is 0.221 e.